The molecule has 3 heteroatoms. The first-order valence-corrected chi connectivity index (χ1v) is 6.52. The van der Waals surface area contributed by atoms with Crippen LogP contribution in [0.15, 0.2) is 42.5 Å². The van der Waals surface area contributed by atoms with Crippen molar-refractivity contribution < 1.29 is 9.53 Å². The molecule has 2 aromatic rings. The summed E-state index contributed by atoms with van der Waals surface area (Å²) >= 11 is 0. The van der Waals surface area contributed by atoms with Crippen LogP contribution < -0.4 is 10.1 Å². The van der Waals surface area contributed by atoms with Crippen molar-refractivity contribution in [3.8, 4) is 5.75 Å². The van der Waals surface area contributed by atoms with E-state index in [-0.39, 0.29) is 11.9 Å². The number of hydrogen-bond donors (Lipinski definition) is 1. The monoisotopic (exact) mass is 257 g/mol. The second-order valence-electron chi connectivity index (χ2n) is 4.90. The number of amides is 1. The van der Waals surface area contributed by atoms with E-state index in [9.17, 15) is 4.79 Å². The number of carbonyl (C=O) groups excluding carboxylic acids is 1. The van der Waals surface area contributed by atoms with Crippen LogP contribution in [-0.2, 0) is 4.79 Å². The zero-order valence-electron chi connectivity index (χ0n) is 11.5. The van der Waals surface area contributed by atoms with Crippen molar-refractivity contribution in [3.63, 3.8) is 0 Å². The van der Waals surface area contributed by atoms with Crippen LogP contribution >= 0.6 is 0 Å². The van der Waals surface area contributed by atoms with E-state index in [4.69, 9.17) is 4.74 Å². The van der Waals surface area contributed by atoms with Crippen LogP contribution in [0, 0.1) is 0 Å². The van der Waals surface area contributed by atoms with Crippen LogP contribution in [-0.4, -0.2) is 18.1 Å². The van der Waals surface area contributed by atoms with E-state index in [1.807, 2.05) is 56.3 Å². The average molecular weight is 257 g/mol. The molecule has 0 aliphatic heterocycles. The van der Waals surface area contributed by atoms with E-state index in [1.54, 1.807) is 6.92 Å². The van der Waals surface area contributed by atoms with Gasteiger partial charge in [-0.3, -0.25) is 4.79 Å². The third-order valence-corrected chi connectivity index (χ3v) is 2.85. The third-order valence-electron chi connectivity index (χ3n) is 2.85. The van der Waals surface area contributed by atoms with Crippen molar-refractivity contribution in [2.75, 3.05) is 0 Å². The summed E-state index contributed by atoms with van der Waals surface area (Å²) < 4.78 is 5.78. The summed E-state index contributed by atoms with van der Waals surface area (Å²) in [5.74, 6) is 0.646. The van der Waals surface area contributed by atoms with Gasteiger partial charge in [0, 0.05) is 11.4 Å². The molecule has 1 amide bonds. The Bertz CT molecular complexity index is 572. The predicted octanol–water partition coefficient (Wildman–Crippen LogP) is 3.13. The lowest BCUT2D eigenvalue weighted by Crippen LogP contribution is -2.40. The summed E-state index contributed by atoms with van der Waals surface area (Å²) in [5, 5.41) is 4.98. The van der Waals surface area contributed by atoms with E-state index in [2.05, 4.69) is 5.32 Å². The maximum atomic E-state index is 11.9. The Balaban J connectivity index is 2.19. The summed E-state index contributed by atoms with van der Waals surface area (Å²) in [6.45, 7) is 5.63. The molecule has 2 rings (SSSR count). The standard InChI is InChI=1S/C16H19NO2/c1-11(2)17-16(18)12(3)19-15-10-6-8-13-7-4-5-9-14(13)15/h4-12H,1-3H3,(H,17,18)/t12-/m0/s1. The summed E-state index contributed by atoms with van der Waals surface area (Å²) in [6.07, 6.45) is -0.506. The van der Waals surface area contributed by atoms with Gasteiger partial charge in [0.15, 0.2) is 6.10 Å². The Labute approximate surface area is 113 Å². The Hall–Kier alpha value is -2.03. The van der Waals surface area contributed by atoms with Gasteiger partial charge in [0.1, 0.15) is 5.75 Å². The number of nitrogens with one attached hydrogen (secondary N) is 1. The maximum absolute atomic E-state index is 11.9. The van der Waals surface area contributed by atoms with Crippen LogP contribution in [0.3, 0.4) is 0 Å². The largest absolute Gasteiger partial charge is 0.480 e. The van der Waals surface area contributed by atoms with E-state index in [1.165, 1.54) is 0 Å². The molecule has 1 N–H and O–H groups in total. The lowest BCUT2D eigenvalue weighted by molar-refractivity contribution is -0.127. The lowest BCUT2D eigenvalue weighted by Gasteiger charge is -2.17. The summed E-state index contributed by atoms with van der Waals surface area (Å²) in [4.78, 5) is 11.9. The zero-order chi connectivity index (χ0) is 13.8. The van der Waals surface area contributed by atoms with Crippen LogP contribution in [0.25, 0.3) is 10.8 Å². The van der Waals surface area contributed by atoms with Gasteiger partial charge < -0.3 is 10.1 Å². The number of fused-ring (bicyclic) bond motifs is 1. The van der Waals surface area contributed by atoms with Gasteiger partial charge in [0.2, 0.25) is 0 Å². The van der Waals surface area contributed by atoms with E-state index in [0.29, 0.717) is 0 Å². The van der Waals surface area contributed by atoms with Gasteiger partial charge in [-0.05, 0) is 32.2 Å². The number of benzene rings is 2. The Kier molecular flexibility index (Phi) is 4.05. The topological polar surface area (TPSA) is 38.3 Å². The number of rotatable bonds is 4. The number of ether oxygens (including phenoxy) is 1. The Morgan fingerprint density at radius 3 is 2.47 bits per heavy atom. The minimum atomic E-state index is -0.506. The molecule has 0 saturated heterocycles. The molecule has 19 heavy (non-hydrogen) atoms. The van der Waals surface area contributed by atoms with Crippen LogP contribution in [0.4, 0.5) is 0 Å². The molecule has 0 spiro atoms. The van der Waals surface area contributed by atoms with Gasteiger partial charge in [-0.25, -0.2) is 0 Å². The maximum Gasteiger partial charge on any atom is 0.260 e. The zero-order valence-corrected chi connectivity index (χ0v) is 11.5. The van der Waals surface area contributed by atoms with E-state index >= 15 is 0 Å². The van der Waals surface area contributed by atoms with Gasteiger partial charge in [0.05, 0.1) is 0 Å². The molecular weight excluding hydrogens is 238 g/mol. The van der Waals surface area contributed by atoms with Crippen molar-refractivity contribution in [1.82, 2.24) is 5.32 Å². The molecule has 0 heterocycles. The Morgan fingerprint density at radius 2 is 1.74 bits per heavy atom. The summed E-state index contributed by atoms with van der Waals surface area (Å²) in [7, 11) is 0. The van der Waals surface area contributed by atoms with Crippen LogP contribution in [0.5, 0.6) is 5.75 Å². The van der Waals surface area contributed by atoms with Gasteiger partial charge in [-0.2, -0.15) is 0 Å². The molecule has 100 valence electrons. The molecule has 0 unspecified atom stereocenters. The van der Waals surface area contributed by atoms with Crippen LogP contribution in [0.1, 0.15) is 20.8 Å². The van der Waals surface area contributed by atoms with Crippen LogP contribution in [0.2, 0.25) is 0 Å². The molecule has 3 nitrogen and oxygen atoms in total. The summed E-state index contributed by atoms with van der Waals surface area (Å²) in [5.41, 5.74) is 0. The van der Waals surface area contributed by atoms with Crippen molar-refractivity contribution >= 4 is 16.7 Å². The second-order valence-corrected chi connectivity index (χ2v) is 4.90. The minimum absolute atomic E-state index is 0.0945. The fraction of sp³-hybridized carbons (Fsp3) is 0.312. The highest BCUT2D eigenvalue weighted by Gasteiger charge is 2.16. The highest BCUT2D eigenvalue weighted by atomic mass is 16.5. The third kappa shape index (κ3) is 3.25. The fourth-order valence-electron chi connectivity index (χ4n) is 1.94. The number of carbonyl (C=O) groups is 1. The SMILES string of the molecule is CC(C)NC(=O)[C@H](C)Oc1cccc2ccccc12. The van der Waals surface area contributed by atoms with Crippen molar-refractivity contribution in [2.45, 2.75) is 32.9 Å². The van der Waals surface area contributed by atoms with Crippen molar-refractivity contribution in [2.24, 2.45) is 0 Å². The first-order valence-electron chi connectivity index (χ1n) is 6.52. The normalized spacial score (nSPS) is 12.4. The highest BCUT2D eigenvalue weighted by Crippen LogP contribution is 2.25. The fourth-order valence-corrected chi connectivity index (χ4v) is 1.94. The number of hydrogen-bond acceptors (Lipinski definition) is 2. The molecule has 0 aromatic heterocycles. The van der Waals surface area contributed by atoms with Crippen molar-refractivity contribution in [1.29, 1.82) is 0 Å². The van der Waals surface area contributed by atoms with Gasteiger partial charge >= 0.3 is 0 Å². The Morgan fingerprint density at radius 1 is 1.05 bits per heavy atom. The molecule has 0 aliphatic rings. The van der Waals surface area contributed by atoms with Gasteiger partial charge in [-0.15, -0.1) is 0 Å². The molecular formula is C16H19NO2. The quantitative estimate of drug-likeness (QED) is 0.913. The lowest BCUT2D eigenvalue weighted by atomic mass is 10.1. The summed E-state index contributed by atoms with van der Waals surface area (Å²) in [6, 6.07) is 14.0. The van der Waals surface area contributed by atoms with Gasteiger partial charge in [0.25, 0.3) is 5.91 Å². The van der Waals surface area contributed by atoms with Gasteiger partial charge in [-0.1, -0.05) is 36.4 Å². The minimum Gasteiger partial charge on any atom is -0.480 e. The van der Waals surface area contributed by atoms with E-state index in [0.717, 1.165) is 16.5 Å². The molecule has 1 atom stereocenters. The average Bonchev–Trinajstić information content (AvgIpc) is 2.38. The first kappa shape index (κ1) is 13.4. The smallest absolute Gasteiger partial charge is 0.260 e. The first-order chi connectivity index (χ1) is 9.08. The molecule has 2 aromatic carbocycles. The predicted molar refractivity (Wildman–Crippen MR) is 77.3 cm³/mol. The highest BCUT2D eigenvalue weighted by molar-refractivity contribution is 5.89. The van der Waals surface area contributed by atoms with E-state index < -0.39 is 6.10 Å². The van der Waals surface area contributed by atoms with Crippen molar-refractivity contribution in [3.05, 3.63) is 42.5 Å². The molecule has 0 saturated carbocycles. The molecule has 0 bridgehead atoms. The molecule has 0 fully saturated rings. The molecule has 0 radical (unpaired) electrons. The second kappa shape index (κ2) is 5.74. The molecule has 0 aliphatic carbocycles.